The molecule has 7 heteroatoms. The van der Waals surface area contributed by atoms with Gasteiger partial charge in [-0.1, -0.05) is 49.3 Å². The molecule has 0 aliphatic rings. The minimum Gasteiger partial charge on any atom is -0.618 e. The van der Waals surface area contributed by atoms with Gasteiger partial charge in [0, 0.05) is 17.7 Å². The van der Waals surface area contributed by atoms with E-state index in [4.69, 9.17) is 4.52 Å². The lowest BCUT2D eigenvalue weighted by molar-refractivity contribution is -0.607. The Kier molecular flexibility index (Phi) is 4.74. The number of nitrogens with zero attached hydrogens (tertiary/aromatic N) is 3. The van der Waals surface area contributed by atoms with Crippen molar-refractivity contribution in [2.24, 2.45) is 5.92 Å². The van der Waals surface area contributed by atoms with Crippen molar-refractivity contribution >= 4 is 5.91 Å². The Morgan fingerprint density at radius 2 is 1.88 bits per heavy atom. The minimum atomic E-state index is -0.502. The van der Waals surface area contributed by atoms with Crippen molar-refractivity contribution in [3.8, 4) is 11.4 Å². The van der Waals surface area contributed by atoms with Crippen molar-refractivity contribution in [3.63, 3.8) is 0 Å². The van der Waals surface area contributed by atoms with Gasteiger partial charge in [-0.05, 0) is 12.0 Å². The van der Waals surface area contributed by atoms with Crippen LogP contribution in [0, 0.1) is 11.1 Å². The molecule has 3 rings (SSSR count). The summed E-state index contributed by atoms with van der Waals surface area (Å²) in [5, 5.41) is 18.5. The van der Waals surface area contributed by atoms with Crippen molar-refractivity contribution < 1.29 is 14.0 Å². The third-order valence-electron chi connectivity index (χ3n) is 3.75. The number of hydrogen-bond donors (Lipinski definition) is 1. The molecule has 7 nitrogen and oxygen atoms in total. The highest BCUT2D eigenvalue weighted by Gasteiger charge is 2.27. The summed E-state index contributed by atoms with van der Waals surface area (Å²) in [5.41, 5.74) is 0.836. The number of rotatable bonds is 5. The quantitative estimate of drug-likeness (QED) is 0.570. The molecule has 0 fully saturated rings. The van der Waals surface area contributed by atoms with Crippen molar-refractivity contribution in [1.82, 2.24) is 15.5 Å². The lowest BCUT2D eigenvalue weighted by Crippen LogP contribution is -2.41. The second kappa shape index (κ2) is 7.12. The zero-order chi connectivity index (χ0) is 17.8. The van der Waals surface area contributed by atoms with Crippen LogP contribution in [0.25, 0.3) is 11.4 Å². The van der Waals surface area contributed by atoms with Gasteiger partial charge in [-0.3, -0.25) is 4.79 Å². The number of nitrogens with one attached hydrogen (secondary N) is 1. The summed E-state index contributed by atoms with van der Waals surface area (Å²) in [6.45, 7) is 3.85. The van der Waals surface area contributed by atoms with Gasteiger partial charge in [0.1, 0.15) is 6.04 Å². The molecule has 0 aliphatic carbocycles. The van der Waals surface area contributed by atoms with Gasteiger partial charge >= 0.3 is 5.91 Å². The molecule has 3 aromatic rings. The number of hydrogen-bond acceptors (Lipinski definition) is 5. The molecule has 0 spiro atoms. The van der Waals surface area contributed by atoms with E-state index in [0.29, 0.717) is 16.4 Å². The van der Waals surface area contributed by atoms with E-state index in [-0.39, 0.29) is 11.6 Å². The maximum atomic E-state index is 12.4. The molecule has 0 saturated carbocycles. The summed E-state index contributed by atoms with van der Waals surface area (Å²) in [5.74, 6) is 0.260. The first-order valence-electron chi connectivity index (χ1n) is 7.94. The van der Waals surface area contributed by atoms with Gasteiger partial charge < -0.3 is 15.0 Å². The number of benzene rings is 1. The molecular formula is C18H18N4O3. The van der Waals surface area contributed by atoms with E-state index >= 15 is 0 Å². The van der Waals surface area contributed by atoms with Crippen LogP contribution in [-0.4, -0.2) is 16.0 Å². The van der Waals surface area contributed by atoms with Crippen molar-refractivity contribution in [2.75, 3.05) is 0 Å². The highest BCUT2D eigenvalue weighted by atomic mass is 16.5. The number of carbonyl (C=O) groups is 1. The topological polar surface area (TPSA) is 95.0 Å². The summed E-state index contributed by atoms with van der Waals surface area (Å²) in [6.07, 6.45) is 1.28. The first-order chi connectivity index (χ1) is 12.1. The molecule has 128 valence electrons. The van der Waals surface area contributed by atoms with Gasteiger partial charge in [-0.15, -0.1) is 0 Å². The van der Waals surface area contributed by atoms with E-state index in [9.17, 15) is 10.0 Å². The van der Waals surface area contributed by atoms with Crippen LogP contribution in [0.2, 0.25) is 0 Å². The van der Waals surface area contributed by atoms with E-state index in [1.165, 1.54) is 12.3 Å². The van der Waals surface area contributed by atoms with Crippen LogP contribution in [0.5, 0.6) is 0 Å². The Hall–Kier alpha value is -3.22. The fraction of sp³-hybridized carbons (Fsp3) is 0.222. The summed E-state index contributed by atoms with van der Waals surface area (Å²) < 4.78 is 5.87. The maximum Gasteiger partial charge on any atom is 0.318 e. The molecule has 0 bridgehead atoms. The number of carbonyl (C=O) groups excluding carboxylic acids is 1. The monoisotopic (exact) mass is 338 g/mol. The van der Waals surface area contributed by atoms with E-state index in [2.05, 4.69) is 15.5 Å². The lowest BCUT2D eigenvalue weighted by Gasteiger charge is -2.17. The predicted octanol–water partition coefficient (Wildman–Crippen LogP) is 2.50. The molecular weight excluding hydrogens is 320 g/mol. The maximum absolute atomic E-state index is 12.4. The third kappa shape index (κ3) is 3.65. The van der Waals surface area contributed by atoms with Crippen LogP contribution in [0.1, 0.15) is 36.3 Å². The number of aromatic nitrogens is 3. The van der Waals surface area contributed by atoms with Gasteiger partial charge in [0.2, 0.25) is 11.7 Å². The van der Waals surface area contributed by atoms with E-state index < -0.39 is 11.9 Å². The SMILES string of the molecule is CC(C)C(NC(=O)c1cccc[n+]1[O-])c1nc(-c2ccccc2)no1. The minimum absolute atomic E-state index is 0.00293. The van der Waals surface area contributed by atoms with E-state index in [1.807, 2.05) is 44.2 Å². The van der Waals surface area contributed by atoms with Gasteiger partial charge in [-0.2, -0.15) is 9.71 Å². The zero-order valence-corrected chi connectivity index (χ0v) is 13.9. The zero-order valence-electron chi connectivity index (χ0n) is 13.9. The Balaban J connectivity index is 1.84. The molecule has 25 heavy (non-hydrogen) atoms. The van der Waals surface area contributed by atoms with Crippen LogP contribution in [-0.2, 0) is 0 Å². The van der Waals surface area contributed by atoms with Gasteiger partial charge in [0.25, 0.3) is 5.69 Å². The predicted molar refractivity (Wildman–Crippen MR) is 90.2 cm³/mol. The molecule has 1 N–H and O–H groups in total. The lowest BCUT2D eigenvalue weighted by atomic mass is 10.0. The highest BCUT2D eigenvalue weighted by Crippen LogP contribution is 2.23. The van der Waals surface area contributed by atoms with Gasteiger partial charge in [0.05, 0.1) is 0 Å². The smallest absolute Gasteiger partial charge is 0.318 e. The normalized spacial score (nSPS) is 12.1. The molecule has 0 saturated heterocycles. The van der Waals surface area contributed by atoms with Crippen LogP contribution in [0.15, 0.2) is 59.3 Å². The molecule has 0 radical (unpaired) electrons. The first kappa shape index (κ1) is 16.6. The fourth-order valence-corrected chi connectivity index (χ4v) is 2.40. The van der Waals surface area contributed by atoms with E-state index in [1.54, 1.807) is 12.1 Å². The first-order valence-corrected chi connectivity index (χ1v) is 7.94. The molecule has 1 aromatic carbocycles. The van der Waals surface area contributed by atoms with Crippen molar-refractivity contribution in [3.05, 3.63) is 71.5 Å². The molecule has 2 aromatic heterocycles. The van der Waals surface area contributed by atoms with Gasteiger partial charge in [-0.25, -0.2) is 0 Å². The molecule has 1 unspecified atom stereocenters. The second-order valence-electron chi connectivity index (χ2n) is 5.93. The molecule has 2 heterocycles. The summed E-state index contributed by atoms with van der Waals surface area (Å²) in [6, 6.07) is 13.6. The van der Waals surface area contributed by atoms with Crippen molar-refractivity contribution in [1.29, 1.82) is 0 Å². The Bertz CT molecular complexity index is 862. The standard InChI is InChI=1S/C18H18N4O3/c1-12(2)15(19-17(23)14-10-6-7-11-22(14)24)18-20-16(21-25-18)13-8-4-3-5-9-13/h3-12,15H,1-2H3,(H,19,23). The second-order valence-corrected chi connectivity index (χ2v) is 5.93. The van der Waals surface area contributed by atoms with Crippen LogP contribution in [0.4, 0.5) is 0 Å². The number of pyridine rings is 1. The Morgan fingerprint density at radius 1 is 1.16 bits per heavy atom. The summed E-state index contributed by atoms with van der Waals surface area (Å²) >= 11 is 0. The molecule has 1 amide bonds. The van der Waals surface area contributed by atoms with Crippen LogP contribution < -0.4 is 10.0 Å². The highest BCUT2D eigenvalue weighted by molar-refractivity contribution is 5.91. The fourth-order valence-electron chi connectivity index (χ4n) is 2.40. The molecule has 0 aliphatic heterocycles. The van der Waals surface area contributed by atoms with E-state index in [0.717, 1.165) is 5.56 Å². The average Bonchev–Trinajstić information content (AvgIpc) is 3.10. The summed E-state index contributed by atoms with van der Waals surface area (Å²) in [4.78, 5) is 16.8. The van der Waals surface area contributed by atoms with Gasteiger partial charge in [0.15, 0.2) is 6.20 Å². The summed E-state index contributed by atoms with van der Waals surface area (Å²) in [7, 11) is 0. The number of amides is 1. The van der Waals surface area contributed by atoms with Crippen molar-refractivity contribution in [2.45, 2.75) is 19.9 Å². The average molecular weight is 338 g/mol. The Morgan fingerprint density at radius 3 is 2.56 bits per heavy atom. The van der Waals surface area contributed by atoms with Crippen LogP contribution >= 0.6 is 0 Å². The largest absolute Gasteiger partial charge is 0.618 e. The Labute approximate surface area is 144 Å². The van der Waals surface area contributed by atoms with Crippen LogP contribution in [0.3, 0.4) is 0 Å². The third-order valence-corrected chi connectivity index (χ3v) is 3.75. The molecule has 1 atom stereocenters.